The minimum atomic E-state index is 0.969. The van der Waals surface area contributed by atoms with Gasteiger partial charge in [0.05, 0.1) is 6.54 Å². The zero-order valence-electron chi connectivity index (χ0n) is 11.9. The largest absolute Gasteiger partial charge is 0.279 e. The summed E-state index contributed by atoms with van der Waals surface area (Å²) in [4.78, 5) is 0. The minimum Gasteiger partial charge on any atom is -0.279 e. The topological polar surface area (TPSA) is 0 Å². The van der Waals surface area contributed by atoms with Crippen LogP contribution >= 0.6 is 0 Å². The molecule has 0 bridgehead atoms. The van der Waals surface area contributed by atoms with E-state index < -0.39 is 0 Å². The Bertz CT molecular complexity index is 434. The van der Waals surface area contributed by atoms with Gasteiger partial charge in [0.2, 0.25) is 0 Å². The molecular formula is C18H26N+. The zero-order chi connectivity index (χ0) is 12.7. The second-order valence-corrected chi connectivity index (χ2v) is 7.23. The first kappa shape index (κ1) is 12.0. The van der Waals surface area contributed by atoms with Crippen molar-refractivity contribution < 1.29 is 0 Å². The van der Waals surface area contributed by atoms with Gasteiger partial charge in [0.1, 0.15) is 18.3 Å². The van der Waals surface area contributed by atoms with E-state index in [0.29, 0.717) is 0 Å². The van der Waals surface area contributed by atoms with Gasteiger partial charge in [-0.15, -0.1) is 0 Å². The lowest BCUT2D eigenvalue weighted by molar-refractivity contribution is 0.284. The fourth-order valence-corrected chi connectivity index (χ4v) is 4.96. The van der Waals surface area contributed by atoms with E-state index in [1.54, 1.807) is 5.69 Å². The molecule has 1 nitrogen and oxygen atoms in total. The molecule has 3 atom stereocenters. The van der Waals surface area contributed by atoms with Crippen LogP contribution in [0.15, 0.2) is 30.3 Å². The second kappa shape index (κ2) is 4.63. The SMILES string of the molecule is c1ccc([N+]23CC(CC4CCCCC4)CC2C3)cc1. The van der Waals surface area contributed by atoms with Crippen LogP contribution in [0.2, 0.25) is 0 Å². The highest BCUT2D eigenvalue weighted by Gasteiger charge is 2.62. The van der Waals surface area contributed by atoms with Crippen molar-refractivity contribution in [2.45, 2.75) is 51.0 Å². The van der Waals surface area contributed by atoms with Gasteiger partial charge >= 0.3 is 0 Å². The van der Waals surface area contributed by atoms with E-state index in [9.17, 15) is 0 Å². The maximum absolute atomic E-state index is 2.35. The fraction of sp³-hybridized carbons (Fsp3) is 0.667. The highest BCUT2D eigenvalue weighted by molar-refractivity contribution is 5.50. The van der Waals surface area contributed by atoms with Crippen molar-refractivity contribution in [2.24, 2.45) is 11.8 Å². The molecule has 1 saturated carbocycles. The molecule has 3 fully saturated rings. The summed E-state index contributed by atoms with van der Waals surface area (Å²) in [5.41, 5.74) is 1.58. The van der Waals surface area contributed by atoms with Gasteiger partial charge in [0.15, 0.2) is 0 Å². The third-order valence-corrected chi connectivity index (χ3v) is 5.95. The molecule has 0 spiro atoms. The summed E-state index contributed by atoms with van der Waals surface area (Å²) >= 11 is 0. The first-order valence-corrected chi connectivity index (χ1v) is 8.29. The Morgan fingerprint density at radius 1 is 0.895 bits per heavy atom. The Morgan fingerprint density at radius 2 is 1.68 bits per heavy atom. The minimum absolute atomic E-state index is 0.969. The van der Waals surface area contributed by atoms with Crippen LogP contribution in [0.4, 0.5) is 5.69 Å². The van der Waals surface area contributed by atoms with Gasteiger partial charge in [0, 0.05) is 12.3 Å². The Morgan fingerprint density at radius 3 is 2.47 bits per heavy atom. The van der Waals surface area contributed by atoms with Crippen molar-refractivity contribution in [3.63, 3.8) is 0 Å². The number of hydrogen-bond donors (Lipinski definition) is 0. The van der Waals surface area contributed by atoms with Crippen molar-refractivity contribution in [3.05, 3.63) is 30.3 Å². The Balaban J connectivity index is 1.41. The van der Waals surface area contributed by atoms with Gasteiger partial charge in [-0.05, 0) is 24.5 Å². The molecule has 0 radical (unpaired) electrons. The number of hydrogen-bond acceptors (Lipinski definition) is 0. The lowest BCUT2D eigenvalue weighted by Gasteiger charge is -2.25. The Kier molecular flexibility index (Phi) is 2.91. The van der Waals surface area contributed by atoms with Crippen LogP contribution in [0.5, 0.6) is 0 Å². The van der Waals surface area contributed by atoms with Gasteiger partial charge < -0.3 is 0 Å². The van der Waals surface area contributed by atoms with Gasteiger partial charge in [0.25, 0.3) is 0 Å². The molecule has 1 aromatic carbocycles. The van der Waals surface area contributed by atoms with Crippen LogP contribution in [0.1, 0.15) is 44.9 Å². The number of fused-ring (bicyclic) bond motifs is 1. The molecule has 0 aromatic heterocycles. The number of quaternary nitrogens is 1. The average Bonchev–Trinajstić information content (AvgIpc) is 3.04. The smallest absolute Gasteiger partial charge is 0.144 e. The predicted octanol–water partition coefficient (Wildman–Crippen LogP) is 4.37. The molecule has 1 aliphatic carbocycles. The molecule has 2 aliphatic heterocycles. The van der Waals surface area contributed by atoms with Crippen LogP contribution in [-0.4, -0.2) is 19.1 Å². The number of nitrogens with zero attached hydrogens (tertiary/aromatic N) is 1. The Labute approximate surface area is 117 Å². The third kappa shape index (κ3) is 2.12. The molecule has 1 heteroatoms. The molecule has 2 heterocycles. The van der Waals surface area contributed by atoms with Crippen LogP contribution in [0.25, 0.3) is 0 Å². The van der Waals surface area contributed by atoms with Crippen LogP contribution in [0.3, 0.4) is 0 Å². The van der Waals surface area contributed by atoms with Crippen LogP contribution < -0.4 is 4.48 Å². The van der Waals surface area contributed by atoms with Crippen molar-refractivity contribution in [3.8, 4) is 0 Å². The van der Waals surface area contributed by atoms with Gasteiger partial charge in [-0.25, -0.2) is 0 Å². The number of rotatable bonds is 3. The summed E-state index contributed by atoms with van der Waals surface area (Å²) in [5, 5.41) is 0. The van der Waals surface area contributed by atoms with E-state index in [4.69, 9.17) is 0 Å². The molecule has 0 N–H and O–H groups in total. The molecule has 102 valence electrons. The number of piperidine rings is 1. The van der Waals surface area contributed by atoms with Gasteiger partial charge in [-0.1, -0.05) is 50.3 Å². The highest BCUT2D eigenvalue weighted by Crippen LogP contribution is 2.50. The summed E-state index contributed by atoms with van der Waals surface area (Å²) < 4.78 is 1.33. The van der Waals surface area contributed by atoms with E-state index in [1.165, 1.54) is 62.5 Å². The van der Waals surface area contributed by atoms with Crippen LogP contribution in [0, 0.1) is 11.8 Å². The normalized spacial score (nSPS) is 38.1. The lowest BCUT2D eigenvalue weighted by Crippen LogP contribution is -2.29. The van der Waals surface area contributed by atoms with Gasteiger partial charge in [-0.2, -0.15) is 0 Å². The van der Waals surface area contributed by atoms with E-state index in [-0.39, 0.29) is 0 Å². The first-order chi connectivity index (χ1) is 9.37. The fourth-order valence-electron chi connectivity index (χ4n) is 4.96. The second-order valence-electron chi connectivity index (χ2n) is 7.23. The van der Waals surface area contributed by atoms with Crippen molar-refractivity contribution >= 4 is 5.69 Å². The van der Waals surface area contributed by atoms with Gasteiger partial charge in [-0.3, -0.25) is 4.48 Å². The molecule has 19 heavy (non-hydrogen) atoms. The lowest BCUT2D eigenvalue weighted by atomic mass is 9.82. The van der Waals surface area contributed by atoms with Crippen molar-refractivity contribution in [1.82, 2.24) is 4.48 Å². The molecule has 3 unspecified atom stereocenters. The molecule has 0 amide bonds. The number of para-hydroxylation sites is 1. The first-order valence-electron chi connectivity index (χ1n) is 8.29. The summed E-state index contributed by atoms with van der Waals surface area (Å²) in [6.07, 6.45) is 10.6. The number of benzene rings is 1. The van der Waals surface area contributed by atoms with E-state index in [1.807, 2.05) is 0 Å². The summed E-state index contributed by atoms with van der Waals surface area (Å²) in [6, 6.07) is 12.2. The third-order valence-electron chi connectivity index (χ3n) is 5.95. The van der Waals surface area contributed by atoms with Crippen molar-refractivity contribution in [1.29, 1.82) is 0 Å². The van der Waals surface area contributed by atoms with Crippen molar-refractivity contribution in [2.75, 3.05) is 13.1 Å². The highest BCUT2D eigenvalue weighted by atomic mass is 15.5. The molecular weight excluding hydrogens is 230 g/mol. The molecule has 1 aromatic rings. The van der Waals surface area contributed by atoms with E-state index in [0.717, 1.165) is 17.9 Å². The van der Waals surface area contributed by atoms with E-state index >= 15 is 0 Å². The standard InChI is InChI=1S/C18H26N/c1-3-7-15(8-4-1)11-16-12-18-14-19(18,13-16)17-9-5-2-6-10-17/h2,5-6,9-10,15-16,18H,1,3-4,7-8,11-14H2/q+1. The molecule has 3 aliphatic rings. The maximum Gasteiger partial charge on any atom is 0.144 e. The summed E-state index contributed by atoms with van der Waals surface area (Å²) in [6.45, 7) is 2.86. The maximum atomic E-state index is 2.35. The molecule has 2 saturated heterocycles. The van der Waals surface area contributed by atoms with E-state index in [2.05, 4.69) is 30.3 Å². The predicted molar refractivity (Wildman–Crippen MR) is 81.1 cm³/mol. The monoisotopic (exact) mass is 256 g/mol. The zero-order valence-corrected chi connectivity index (χ0v) is 11.9. The van der Waals surface area contributed by atoms with Crippen LogP contribution in [-0.2, 0) is 0 Å². The average molecular weight is 256 g/mol. The Hall–Kier alpha value is -0.820. The summed E-state index contributed by atoms with van der Waals surface area (Å²) in [7, 11) is 0. The quantitative estimate of drug-likeness (QED) is 0.556. The molecule has 4 rings (SSSR count). The summed E-state index contributed by atoms with van der Waals surface area (Å²) in [5.74, 6) is 2.08.